The van der Waals surface area contributed by atoms with E-state index in [2.05, 4.69) is 5.32 Å². The van der Waals surface area contributed by atoms with Gasteiger partial charge in [0.25, 0.3) is 5.91 Å². The van der Waals surface area contributed by atoms with Crippen LogP contribution in [0.2, 0.25) is 0 Å². The Hall–Kier alpha value is -1.39. The number of rotatable bonds is 2. The molecule has 0 aliphatic carbocycles. The third-order valence-electron chi connectivity index (χ3n) is 4.22. The van der Waals surface area contributed by atoms with E-state index >= 15 is 0 Å². The number of nitrogens with zero attached hydrogens (tertiary/aromatic N) is 1. The summed E-state index contributed by atoms with van der Waals surface area (Å²) < 4.78 is 0. The van der Waals surface area contributed by atoms with Crippen LogP contribution in [0, 0.1) is 11.8 Å². The third kappa shape index (κ3) is 2.72. The Kier molecular flexibility index (Phi) is 4.45. The van der Waals surface area contributed by atoms with E-state index in [0.29, 0.717) is 23.0 Å². The maximum Gasteiger partial charge on any atom is 0.253 e. The molecule has 1 aromatic rings. The molecule has 3 rings (SSSR count). The molecule has 0 spiro atoms. The first-order valence-electron chi connectivity index (χ1n) is 6.76. The highest BCUT2D eigenvalue weighted by molar-refractivity contribution is 5.97. The van der Waals surface area contributed by atoms with Gasteiger partial charge in [-0.3, -0.25) is 9.59 Å². The van der Waals surface area contributed by atoms with Crippen molar-refractivity contribution in [2.24, 2.45) is 11.8 Å². The van der Waals surface area contributed by atoms with Crippen LogP contribution in [0.3, 0.4) is 0 Å². The largest absolute Gasteiger partial charge is 0.338 e. The van der Waals surface area contributed by atoms with Crippen molar-refractivity contribution in [2.75, 3.05) is 26.2 Å². The van der Waals surface area contributed by atoms with Gasteiger partial charge in [-0.15, -0.1) is 12.4 Å². The first kappa shape index (κ1) is 15.0. The van der Waals surface area contributed by atoms with Crippen molar-refractivity contribution in [3.63, 3.8) is 0 Å². The van der Waals surface area contributed by atoms with Gasteiger partial charge in [0.1, 0.15) is 0 Å². The molecule has 2 atom stereocenters. The van der Waals surface area contributed by atoms with Crippen LogP contribution in [0.15, 0.2) is 24.3 Å². The lowest BCUT2D eigenvalue weighted by Gasteiger charge is -2.17. The molecule has 2 aliphatic rings. The number of fused-ring (bicyclic) bond motifs is 1. The molecule has 0 unspecified atom stereocenters. The molecular formula is C15H19ClN2O2. The molecule has 0 saturated carbocycles. The summed E-state index contributed by atoms with van der Waals surface area (Å²) in [5.74, 6) is 1.34. The molecule has 0 aromatic heterocycles. The Balaban J connectivity index is 0.00000147. The van der Waals surface area contributed by atoms with Gasteiger partial charge >= 0.3 is 0 Å². The molecule has 2 aliphatic heterocycles. The fraction of sp³-hybridized carbons (Fsp3) is 0.467. The number of ketones is 1. The normalized spacial score (nSPS) is 24.1. The highest BCUT2D eigenvalue weighted by Crippen LogP contribution is 2.27. The van der Waals surface area contributed by atoms with E-state index in [1.54, 1.807) is 24.3 Å². The highest BCUT2D eigenvalue weighted by Gasteiger charge is 2.38. The van der Waals surface area contributed by atoms with Crippen LogP contribution >= 0.6 is 12.4 Å². The molecule has 2 saturated heterocycles. The molecule has 2 fully saturated rings. The Morgan fingerprint density at radius 2 is 1.55 bits per heavy atom. The number of hydrogen-bond donors (Lipinski definition) is 1. The summed E-state index contributed by atoms with van der Waals surface area (Å²) >= 11 is 0. The second-order valence-corrected chi connectivity index (χ2v) is 5.52. The van der Waals surface area contributed by atoms with Crippen LogP contribution < -0.4 is 5.32 Å². The predicted octanol–water partition coefficient (Wildman–Crippen LogP) is 1.60. The molecule has 0 bridgehead atoms. The zero-order valence-electron chi connectivity index (χ0n) is 11.5. The number of hydrogen-bond acceptors (Lipinski definition) is 3. The van der Waals surface area contributed by atoms with E-state index in [0.717, 1.165) is 26.2 Å². The summed E-state index contributed by atoms with van der Waals surface area (Å²) in [5.41, 5.74) is 1.33. The highest BCUT2D eigenvalue weighted by atomic mass is 35.5. The van der Waals surface area contributed by atoms with Crippen molar-refractivity contribution in [1.29, 1.82) is 0 Å². The number of likely N-dealkylation sites (tertiary alicyclic amines) is 1. The molecule has 1 amide bonds. The minimum atomic E-state index is 0. The molecule has 1 N–H and O–H groups in total. The molecule has 20 heavy (non-hydrogen) atoms. The number of nitrogens with one attached hydrogen (secondary N) is 1. The first-order valence-corrected chi connectivity index (χ1v) is 6.76. The third-order valence-corrected chi connectivity index (χ3v) is 4.22. The van der Waals surface area contributed by atoms with Crippen LogP contribution in [0.5, 0.6) is 0 Å². The summed E-state index contributed by atoms with van der Waals surface area (Å²) in [5, 5.41) is 3.37. The van der Waals surface area contributed by atoms with E-state index in [9.17, 15) is 9.59 Å². The number of amides is 1. The van der Waals surface area contributed by atoms with Gasteiger partial charge in [-0.1, -0.05) is 12.1 Å². The van der Waals surface area contributed by atoms with Crippen LogP contribution in [0.25, 0.3) is 0 Å². The quantitative estimate of drug-likeness (QED) is 0.843. The van der Waals surface area contributed by atoms with E-state index in [1.807, 2.05) is 4.90 Å². The topological polar surface area (TPSA) is 49.4 Å². The number of Topliss-reactive ketones (excluding diaryl/α,β-unsaturated/α-hetero) is 1. The van der Waals surface area contributed by atoms with Gasteiger partial charge in [0.2, 0.25) is 0 Å². The van der Waals surface area contributed by atoms with Crippen LogP contribution in [-0.4, -0.2) is 42.8 Å². The summed E-state index contributed by atoms with van der Waals surface area (Å²) in [6, 6.07) is 6.97. The molecule has 108 valence electrons. The monoisotopic (exact) mass is 294 g/mol. The van der Waals surface area contributed by atoms with E-state index in [4.69, 9.17) is 0 Å². The van der Waals surface area contributed by atoms with E-state index in [-0.39, 0.29) is 24.1 Å². The zero-order valence-corrected chi connectivity index (χ0v) is 12.3. The molecule has 2 heterocycles. The van der Waals surface area contributed by atoms with E-state index < -0.39 is 0 Å². The van der Waals surface area contributed by atoms with Crippen LogP contribution in [-0.2, 0) is 0 Å². The van der Waals surface area contributed by atoms with Gasteiger partial charge in [0.15, 0.2) is 5.78 Å². The SMILES string of the molecule is CC(=O)c1ccc(C(=O)N2C[C@H]3CNC[C@H]3C2)cc1.Cl. The maximum absolute atomic E-state index is 12.4. The van der Waals surface area contributed by atoms with Crippen molar-refractivity contribution in [3.05, 3.63) is 35.4 Å². The summed E-state index contributed by atoms with van der Waals surface area (Å²) in [6.07, 6.45) is 0. The van der Waals surface area contributed by atoms with Gasteiger partial charge in [-0.05, 0) is 30.9 Å². The smallest absolute Gasteiger partial charge is 0.253 e. The molecule has 4 nitrogen and oxygen atoms in total. The van der Waals surface area contributed by atoms with Gasteiger partial charge in [0, 0.05) is 37.3 Å². The summed E-state index contributed by atoms with van der Waals surface area (Å²) in [4.78, 5) is 25.5. The van der Waals surface area contributed by atoms with E-state index in [1.165, 1.54) is 6.92 Å². The first-order chi connectivity index (χ1) is 9.15. The average Bonchev–Trinajstić information content (AvgIpc) is 2.98. The number of halogens is 1. The second kappa shape index (κ2) is 5.94. The standard InChI is InChI=1S/C15H18N2O2.ClH/c1-10(18)11-2-4-12(5-3-11)15(19)17-8-13-6-16-7-14(13)9-17;/h2-5,13-14,16H,6-9H2,1H3;1H/t13-,14+;. The number of carbonyl (C=O) groups is 2. The van der Waals surface area contributed by atoms with Gasteiger partial charge in [0.05, 0.1) is 0 Å². The summed E-state index contributed by atoms with van der Waals surface area (Å²) in [6.45, 7) is 5.29. The molecule has 0 radical (unpaired) electrons. The maximum atomic E-state index is 12.4. The van der Waals surface area contributed by atoms with Crippen LogP contribution in [0.4, 0.5) is 0 Å². The Morgan fingerprint density at radius 3 is 2.05 bits per heavy atom. The second-order valence-electron chi connectivity index (χ2n) is 5.52. The van der Waals surface area contributed by atoms with Crippen LogP contribution in [0.1, 0.15) is 27.6 Å². The zero-order chi connectivity index (χ0) is 13.4. The van der Waals surface area contributed by atoms with Crippen molar-refractivity contribution in [3.8, 4) is 0 Å². The molecule has 1 aromatic carbocycles. The van der Waals surface area contributed by atoms with Gasteiger partial charge in [-0.25, -0.2) is 0 Å². The number of carbonyl (C=O) groups excluding carboxylic acids is 2. The van der Waals surface area contributed by atoms with Gasteiger partial charge in [-0.2, -0.15) is 0 Å². The minimum absolute atomic E-state index is 0. The average molecular weight is 295 g/mol. The predicted molar refractivity (Wildman–Crippen MR) is 79.4 cm³/mol. The Morgan fingerprint density at radius 1 is 1.05 bits per heavy atom. The number of benzene rings is 1. The molecule has 5 heteroatoms. The van der Waals surface area contributed by atoms with Crippen molar-refractivity contribution in [2.45, 2.75) is 6.92 Å². The lowest BCUT2D eigenvalue weighted by atomic mass is 10.0. The Labute approximate surface area is 124 Å². The van der Waals surface area contributed by atoms with Crippen molar-refractivity contribution < 1.29 is 9.59 Å². The van der Waals surface area contributed by atoms with Crippen molar-refractivity contribution in [1.82, 2.24) is 10.2 Å². The minimum Gasteiger partial charge on any atom is -0.338 e. The lowest BCUT2D eigenvalue weighted by molar-refractivity contribution is 0.0781. The molecular weight excluding hydrogens is 276 g/mol. The Bertz CT molecular complexity index is 503. The lowest BCUT2D eigenvalue weighted by Crippen LogP contribution is -2.31. The fourth-order valence-corrected chi connectivity index (χ4v) is 3.05. The summed E-state index contributed by atoms with van der Waals surface area (Å²) in [7, 11) is 0. The van der Waals surface area contributed by atoms with Crippen molar-refractivity contribution >= 4 is 24.1 Å². The fourth-order valence-electron chi connectivity index (χ4n) is 3.05. The van der Waals surface area contributed by atoms with Gasteiger partial charge < -0.3 is 10.2 Å².